The second-order valence-electron chi connectivity index (χ2n) is 4.98. The minimum atomic E-state index is -4.10. The summed E-state index contributed by atoms with van der Waals surface area (Å²) in [4.78, 5) is 15.9. The fourth-order valence-electron chi connectivity index (χ4n) is 2.45. The molecule has 1 aliphatic heterocycles. The predicted octanol–water partition coefficient (Wildman–Crippen LogP) is 0.598. The lowest BCUT2D eigenvalue weighted by Crippen LogP contribution is -2.21. The minimum absolute atomic E-state index is 0.146. The molecule has 2 N–H and O–H groups in total. The first-order valence-electron chi connectivity index (χ1n) is 6.09. The van der Waals surface area contributed by atoms with E-state index in [0.717, 1.165) is 5.39 Å². The van der Waals surface area contributed by atoms with Crippen LogP contribution in [0.4, 0.5) is 5.82 Å². The Morgan fingerprint density at radius 2 is 2.25 bits per heavy atom. The quantitative estimate of drug-likeness (QED) is 0.787. The van der Waals surface area contributed by atoms with Crippen molar-refractivity contribution in [1.82, 2.24) is 9.55 Å². The molecular weight excluding hydrogens is 282 g/mol. The van der Waals surface area contributed by atoms with Crippen molar-refractivity contribution >= 4 is 26.8 Å². The highest BCUT2D eigenvalue weighted by molar-refractivity contribution is 7.85. The van der Waals surface area contributed by atoms with Crippen LogP contribution in [0.5, 0.6) is 0 Å². The molecular formula is C12H13N3O4S. The van der Waals surface area contributed by atoms with Gasteiger partial charge in [0, 0.05) is 18.0 Å². The van der Waals surface area contributed by atoms with Gasteiger partial charge < -0.3 is 5.32 Å². The van der Waals surface area contributed by atoms with Gasteiger partial charge >= 0.3 is 5.69 Å². The van der Waals surface area contributed by atoms with Gasteiger partial charge in [-0.25, -0.2) is 4.79 Å². The Labute approximate surface area is 115 Å². The normalized spacial score (nSPS) is 18.0. The highest BCUT2D eigenvalue weighted by Crippen LogP contribution is 2.26. The van der Waals surface area contributed by atoms with E-state index in [2.05, 4.69) is 10.3 Å². The molecule has 2 heterocycles. The minimum Gasteiger partial charge on any atom is -0.367 e. The van der Waals surface area contributed by atoms with Crippen molar-refractivity contribution < 1.29 is 13.0 Å². The van der Waals surface area contributed by atoms with Crippen LogP contribution in [0, 0.1) is 0 Å². The number of benzene rings is 1. The lowest BCUT2D eigenvalue weighted by Gasteiger charge is -2.07. The van der Waals surface area contributed by atoms with Gasteiger partial charge in [0.2, 0.25) is 0 Å². The van der Waals surface area contributed by atoms with Crippen LogP contribution >= 0.6 is 0 Å². The molecule has 1 aliphatic rings. The van der Waals surface area contributed by atoms with Crippen LogP contribution in [0.15, 0.2) is 23.0 Å². The molecule has 1 aromatic heterocycles. The van der Waals surface area contributed by atoms with Gasteiger partial charge in [0.15, 0.2) is 0 Å². The van der Waals surface area contributed by atoms with E-state index >= 15 is 0 Å². The van der Waals surface area contributed by atoms with Crippen LogP contribution in [0.25, 0.3) is 10.9 Å². The average Bonchev–Trinajstić information content (AvgIpc) is 2.69. The number of nitrogens with zero attached hydrogens (tertiary/aromatic N) is 2. The summed E-state index contributed by atoms with van der Waals surface area (Å²) in [5.41, 5.74) is 0.445. The first-order chi connectivity index (χ1) is 9.33. The third kappa shape index (κ3) is 2.27. The zero-order chi connectivity index (χ0) is 14.5. The third-order valence-corrected chi connectivity index (χ3v) is 3.92. The Kier molecular flexibility index (Phi) is 2.80. The summed E-state index contributed by atoms with van der Waals surface area (Å²) in [5.74, 6) is 0.207. The Morgan fingerprint density at radius 1 is 1.50 bits per heavy atom. The molecule has 8 heteroatoms. The first kappa shape index (κ1) is 13.1. The predicted molar refractivity (Wildman–Crippen MR) is 74.3 cm³/mol. The van der Waals surface area contributed by atoms with Gasteiger partial charge in [0.25, 0.3) is 10.1 Å². The van der Waals surface area contributed by atoms with Gasteiger partial charge in [-0.15, -0.1) is 0 Å². The Morgan fingerprint density at radius 3 is 2.95 bits per heavy atom. The smallest absolute Gasteiger partial charge is 0.349 e. The van der Waals surface area contributed by atoms with E-state index in [1.165, 1.54) is 6.07 Å². The molecule has 0 spiro atoms. The highest BCUT2D eigenvalue weighted by Gasteiger charge is 2.21. The molecule has 0 saturated carbocycles. The molecule has 3 rings (SSSR count). The van der Waals surface area contributed by atoms with Crippen molar-refractivity contribution in [2.45, 2.75) is 25.3 Å². The third-order valence-electron chi connectivity index (χ3n) is 3.22. The van der Waals surface area contributed by atoms with Crippen LogP contribution in [0.2, 0.25) is 0 Å². The van der Waals surface area contributed by atoms with E-state index in [1.807, 2.05) is 6.92 Å². The molecule has 2 aromatic rings. The molecule has 0 amide bonds. The Balaban J connectivity index is 2.18. The van der Waals surface area contributed by atoms with E-state index in [4.69, 9.17) is 4.55 Å². The molecule has 1 aromatic carbocycles. The molecule has 0 aliphatic carbocycles. The lowest BCUT2D eigenvalue weighted by atomic mass is 10.1. The molecule has 106 valence electrons. The number of aromatic nitrogens is 2. The van der Waals surface area contributed by atoms with Crippen molar-refractivity contribution in [3.63, 3.8) is 0 Å². The molecule has 7 nitrogen and oxygen atoms in total. The highest BCUT2D eigenvalue weighted by atomic mass is 32.2. The average molecular weight is 295 g/mol. The van der Waals surface area contributed by atoms with Gasteiger partial charge in [0.05, 0.1) is 5.52 Å². The number of hydrogen-bond acceptors (Lipinski definition) is 5. The monoisotopic (exact) mass is 295 g/mol. The summed E-state index contributed by atoms with van der Waals surface area (Å²) in [5, 5.41) is 3.96. The molecule has 20 heavy (non-hydrogen) atoms. The van der Waals surface area contributed by atoms with E-state index in [0.29, 0.717) is 23.4 Å². The summed E-state index contributed by atoms with van der Waals surface area (Å²) < 4.78 is 32.2. The molecule has 0 fully saturated rings. The van der Waals surface area contributed by atoms with Crippen molar-refractivity contribution in [3.8, 4) is 0 Å². The molecule has 0 radical (unpaired) electrons. The number of rotatable bonds is 2. The number of anilines is 1. The van der Waals surface area contributed by atoms with Crippen LogP contribution in [-0.4, -0.2) is 28.6 Å². The number of fused-ring (bicyclic) bond motifs is 3. The summed E-state index contributed by atoms with van der Waals surface area (Å²) in [6.07, 6.45) is 0. The maximum absolute atomic E-state index is 11.9. The van der Waals surface area contributed by atoms with Gasteiger partial charge in [-0.2, -0.15) is 13.4 Å². The van der Waals surface area contributed by atoms with Crippen LogP contribution < -0.4 is 11.0 Å². The maximum atomic E-state index is 11.9. The van der Waals surface area contributed by atoms with Gasteiger partial charge in [-0.1, -0.05) is 6.07 Å². The van der Waals surface area contributed by atoms with Crippen molar-refractivity contribution in [2.75, 3.05) is 5.32 Å². The fourth-order valence-corrected chi connectivity index (χ4v) is 3.05. The maximum Gasteiger partial charge on any atom is 0.349 e. The van der Waals surface area contributed by atoms with Gasteiger partial charge in [-0.3, -0.25) is 9.12 Å². The lowest BCUT2D eigenvalue weighted by molar-refractivity contribution is 0.482. The Bertz CT molecular complexity index is 857. The standard InChI is InChI=1S/C12H13N3O4S/c1-7-5-15-11(13-7)9-3-2-8(6-20(17,18)19)4-10(9)14-12(15)16/h2-4,7,13H,5-6H2,1H3,(H,17,18,19)/t7-/m1/s1. The summed E-state index contributed by atoms with van der Waals surface area (Å²) in [6.45, 7) is 2.52. The van der Waals surface area contributed by atoms with Crippen molar-refractivity contribution in [3.05, 3.63) is 34.2 Å². The zero-order valence-electron chi connectivity index (χ0n) is 10.7. The largest absolute Gasteiger partial charge is 0.367 e. The van der Waals surface area contributed by atoms with E-state index in [-0.39, 0.29) is 11.7 Å². The van der Waals surface area contributed by atoms with Gasteiger partial charge in [0.1, 0.15) is 11.6 Å². The second-order valence-corrected chi connectivity index (χ2v) is 6.43. The molecule has 0 bridgehead atoms. The molecule has 0 saturated heterocycles. The van der Waals surface area contributed by atoms with Gasteiger partial charge in [-0.05, 0) is 24.6 Å². The number of nitrogens with one attached hydrogen (secondary N) is 1. The SMILES string of the molecule is C[C@@H]1Cn2c(c3ccc(CS(=O)(=O)O)cc3nc2=O)N1. The Hall–Kier alpha value is -1.93. The summed E-state index contributed by atoms with van der Waals surface area (Å²) in [7, 11) is -4.10. The van der Waals surface area contributed by atoms with E-state index < -0.39 is 15.9 Å². The fraction of sp³-hybridized carbons (Fsp3) is 0.333. The van der Waals surface area contributed by atoms with E-state index in [1.54, 1.807) is 16.7 Å². The van der Waals surface area contributed by atoms with Crippen molar-refractivity contribution in [1.29, 1.82) is 0 Å². The van der Waals surface area contributed by atoms with Crippen LogP contribution in [-0.2, 0) is 22.4 Å². The molecule has 1 atom stereocenters. The topological polar surface area (TPSA) is 101 Å². The summed E-state index contributed by atoms with van der Waals surface area (Å²) in [6, 6.07) is 4.97. The number of hydrogen-bond donors (Lipinski definition) is 2. The zero-order valence-corrected chi connectivity index (χ0v) is 11.5. The second kappa shape index (κ2) is 4.29. The molecule has 0 unspecified atom stereocenters. The van der Waals surface area contributed by atoms with Crippen molar-refractivity contribution in [2.24, 2.45) is 0 Å². The summed E-state index contributed by atoms with van der Waals surface area (Å²) >= 11 is 0. The first-order valence-corrected chi connectivity index (χ1v) is 7.69. The van der Waals surface area contributed by atoms with E-state index in [9.17, 15) is 13.2 Å². The van der Waals surface area contributed by atoms with Crippen LogP contribution in [0.1, 0.15) is 12.5 Å². The van der Waals surface area contributed by atoms with Crippen LogP contribution in [0.3, 0.4) is 0 Å².